The van der Waals surface area contributed by atoms with E-state index in [-0.39, 0.29) is 5.75 Å². The van der Waals surface area contributed by atoms with Crippen molar-refractivity contribution in [2.24, 2.45) is 17.4 Å². The summed E-state index contributed by atoms with van der Waals surface area (Å²) in [4.78, 5) is 69.9. The topological polar surface area (TPSA) is 231 Å². The summed E-state index contributed by atoms with van der Waals surface area (Å²) in [7, 11) is 0. The van der Waals surface area contributed by atoms with Crippen molar-refractivity contribution in [3.8, 4) is 0 Å². The Kier molecular flexibility index (Phi) is 11.4. The second-order valence-corrected chi connectivity index (χ2v) is 7.11. The zero-order valence-electron chi connectivity index (χ0n) is 16.5. The minimum absolute atomic E-state index is 0.244. The average molecular weight is 449 g/mol. The van der Waals surface area contributed by atoms with Crippen LogP contribution in [0.15, 0.2) is 0 Å². The molecular formula is C16H27N5O8S. The first-order valence-corrected chi connectivity index (χ1v) is 9.43. The van der Waals surface area contributed by atoms with Gasteiger partial charge in [-0.15, -0.1) is 0 Å². The second-order valence-electron chi connectivity index (χ2n) is 6.75. The molecule has 0 bridgehead atoms. The largest absolute Gasteiger partial charge is 0.481 e. The van der Waals surface area contributed by atoms with Crippen molar-refractivity contribution < 1.29 is 39.0 Å². The van der Waals surface area contributed by atoms with Gasteiger partial charge >= 0.3 is 11.9 Å². The maximum Gasteiger partial charge on any atom is 0.326 e. The third-order valence-electron chi connectivity index (χ3n) is 3.82. The molecule has 14 heteroatoms. The van der Waals surface area contributed by atoms with E-state index in [4.69, 9.17) is 21.7 Å². The molecule has 170 valence electrons. The fourth-order valence-corrected chi connectivity index (χ4v) is 2.46. The van der Waals surface area contributed by atoms with E-state index >= 15 is 0 Å². The van der Waals surface area contributed by atoms with Gasteiger partial charge in [-0.1, -0.05) is 13.8 Å². The summed E-state index contributed by atoms with van der Waals surface area (Å²) in [5.41, 5.74) is 10.4. The van der Waals surface area contributed by atoms with Gasteiger partial charge < -0.3 is 37.6 Å². The number of carbonyl (C=O) groups excluding carboxylic acids is 4. The molecule has 0 aromatic heterocycles. The molecule has 4 unspecified atom stereocenters. The van der Waals surface area contributed by atoms with Gasteiger partial charge in [0.2, 0.25) is 23.6 Å². The minimum Gasteiger partial charge on any atom is -0.481 e. The van der Waals surface area contributed by atoms with Gasteiger partial charge in [0, 0.05) is 5.75 Å². The number of rotatable bonds is 13. The van der Waals surface area contributed by atoms with Crippen molar-refractivity contribution in [1.82, 2.24) is 16.0 Å². The zero-order chi connectivity index (χ0) is 23.6. The van der Waals surface area contributed by atoms with Crippen LogP contribution in [0.25, 0.3) is 0 Å². The van der Waals surface area contributed by atoms with E-state index in [1.54, 1.807) is 0 Å². The molecule has 4 amide bonds. The lowest BCUT2D eigenvalue weighted by molar-refractivity contribution is -0.144. The molecular weight excluding hydrogens is 422 g/mol. The highest BCUT2D eigenvalue weighted by molar-refractivity contribution is 7.80. The lowest BCUT2D eigenvalue weighted by Gasteiger charge is -2.24. The number of carboxylic acids is 2. The third kappa shape index (κ3) is 9.56. The summed E-state index contributed by atoms with van der Waals surface area (Å²) in [6.45, 7) is 3.07. The molecule has 0 aliphatic carbocycles. The van der Waals surface area contributed by atoms with Gasteiger partial charge in [-0.2, -0.15) is 12.6 Å². The maximum absolute atomic E-state index is 12.4. The quantitative estimate of drug-likeness (QED) is 0.132. The van der Waals surface area contributed by atoms with E-state index in [1.807, 2.05) is 0 Å². The molecule has 30 heavy (non-hydrogen) atoms. The fraction of sp³-hybridized carbons (Fsp3) is 0.625. The summed E-state index contributed by atoms with van der Waals surface area (Å²) in [5.74, 6) is -7.21. The molecule has 0 saturated carbocycles. The van der Waals surface area contributed by atoms with Crippen molar-refractivity contribution in [3.63, 3.8) is 0 Å². The van der Waals surface area contributed by atoms with E-state index in [9.17, 15) is 28.8 Å². The van der Waals surface area contributed by atoms with Gasteiger partial charge in [-0.05, 0) is 5.92 Å². The molecule has 0 rings (SSSR count). The molecule has 13 nitrogen and oxygen atoms in total. The standard InChI is InChI=1S/C16H27N5O8S/c1-6(2)12(16(28)29)21-14(26)8(4-11(23)24)19-15(27)9(5-30)20-13(25)7(17)3-10(18)22/h6-9,12,30H,3-5,17H2,1-2H3,(H2,18,22)(H,19,27)(H,20,25)(H,21,26)(H,23,24)(H,28,29). The molecule has 0 fully saturated rings. The SMILES string of the molecule is CC(C)C(NC(=O)C(CC(=O)O)NC(=O)C(CS)NC(=O)C(N)CC(N)=O)C(=O)O. The number of carboxylic acid groups (broad SMARTS) is 2. The first-order chi connectivity index (χ1) is 13.8. The summed E-state index contributed by atoms with van der Waals surface area (Å²) in [5, 5.41) is 24.7. The number of hydrogen-bond donors (Lipinski definition) is 8. The number of aliphatic carboxylic acids is 2. The van der Waals surface area contributed by atoms with Gasteiger partial charge in [0.1, 0.15) is 18.1 Å². The van der Waals surface area contributed by atoms with Gasteiger partial charge in [-0.25, -0.2) is 4.79 Å². The maximum atomic E-state index is 12.4. The van der Waals surface area contributed by atoms with Crippen molar-refractivity contribution >= 4 is 48.2 Å². The summed E-state index contributed by atoms with van der Waals surface area (Å²) in [6, 6.07) is -5.56. The molecule has 0 aromatic carbocycles. The van der Waals surface area contributed by atoms with Gasteiger partial charge in [0.15, 0.2) is 0 Å². The van der Waals surface area contributed by atoms with Crippen LogP contribution in [0.3, 0.4) is 0 Å². The van der Waals surface area contributed by atoms with Crippen LogP contribution < -0.4 is 27.4 Å². The Balaban J connectivity index is 5.28. The molecule has 0 spiro atoms. The molecule has 0 aromatic rings. The number of amides is 4. The van der Waals surface area contributed by atoms with E-state index < -0.39 is 78.5 Å². The highest BCUT2D eigenvalue weighted by Gasteiger charge is 2.32. The summed E-state index contributed by atoms with van der Waals surface area (Å²) >= 11 is 3.92. The van der Waals surface area contributed by atoms with Crippen LogP contribution in [-0.4, -0.2) is 75.7 Å². The predicted molar refractivity (Wildman–Crippen MR) is 106 cm³/mol. The number of carbonyl (C=O) groups is 6. The van der Waals surface area contributed by atoms with Crippen LogP contribution in [-0.2, 0) is 28.8 Å². The lowest BCUT2D eigenvalue weighted by atomic mass is 10.0. The Morgan fingerprint density at radius 1 is 0.867 bits per heavy atom. The lowest BCUT2D eigenvalue weighted by Crippen LogP contribution is -2.58. The third-order valence-corrected chi connectivity index (χ3v) is 4.18. The normalized spacial score (nSPS) is 14.7. The average Bonchev–Trinajstić information content (AvgIpc) is 2.61. The van der Waals surface area contributed by atoms with Crippen LogP contribution >= 0.6 is 12.6 Å². The Hall–Kier alpha value is -2.87. The number of thiol groups is 1. The smallest absolute Gasteiger partial charge is 0.326 e. The number of hydrogen-bond acceptors (Lipinski definition) is 8. The van der Waals surface area contributed by atoms with E-state index in [2.05, 4.69) is 28.6 Å². The Bertz CT molecular complexity index is 687. The van der Waals surface area contributed by atoms with Crippen molar-refractivity contribution in [1.29, 1.82) is 0 Å². The fourth-order valence-electron chi connectivity index (χ4n) is 2.21. The van der Waals surface area contributed by atoms with Gasteiger partial charge in [-0.3, -0.25) is 24.0 Å². The van der Waals surface area contributed by atoms with Gasteiger partial charge in [0.25, 0.3) is 0 Å². The Labute approximate surface area is 177 Å². The highest BCUT2D eigenvalue weighted by Crippen LogP contribution is 2.04. The molecule has 0 aliphatic rings. The van der Waals surface area contributed by atoms with Crippen molar-refractivity contribution in [2.75, 3.05) is 5.75 Å². The first-order valence-electron chi connectivity index (χ1n) is 8.80. The van der Waals surface area contributed by atoms with Gasteiger partial charge in [0.05, 0.1) is 18.9 Å². The monoisotopic (exact) mass is 449 g/mol. The van der Waals surface area contributed by atoms with Crippen molar-refractivity contribution in [2.45, 2.75) is 50.9 Å². The molecule has 9 N–H and O–H groups in total. The number of nitrogens with one attached hydrogen (secondary N) is 3. The van der Waals surface area contributed by atoms with E-state index in [1.165, 1.54) is 13.8 Å². The summed E-state index contributed by atoms with van der Waals surface area (Å²) < 4.78 is 0. The van der Waals surface area contributed by atoms with E-state index in [0.29, 0.717) is 0 Å². The predicted octanol–water partition coefficient (Wildman–Crippen LogP) is -3.21. The zero-order valence-corrected chi connectivity index (χ0v) is 17.3. The van der Waals surface area contributed by atoms with Crippen LogP contribution in [0.5, 0.6) is 0 Å². The van der Waals surface area contributed by atoms with Crippen LogP contribution in [0.1, 0.15) is 26.7 Å². The first kappa shape index (κ1) is 27.1. The van der Waals surface area contributed by atoms with E-state index in [0.717, 1.165) is 0 Å². The minimum atomic E-state index is -1.62. The Morgan fingerprint density at radius 2 is 1.37 bits per heavy atom. The molecule has 0 heterocycles. The molecule has 4 atom stereocenters. The number of primary amides is 1. The molecule has 0 aliphatic heterocycles. The Morgan fingerprint density at radius 3 is 1.77 bits per heavy atom. The van der Waals surface area contributed by atoms with Crippen molar-refractivity contribution in [3.05, 3.63) is 0 Å². The van der Waals surface area contributed by atoms with Crippen LogP contribution in [0, 0.1) is 5.92 Å². The summed E-state index contributed by atoms with van der Waals surface area (Å²) in [6.07, 6.45) is -1.31. The molecule has 0 radical (unpaired) electrons. The second kappa shape index (κ2) is 12.6. The van der Waals surface area contributed by atoms with Crippen LogP contribution in [0.2, 0.25) is 0 Å². The number of nitrogens with two attached hydrogens (primary N) is 2. The van der Waals surface area contributed by atoms with Crippen LogP contribution in [0.4, 0.5) is 0 Å². The molecule has 0 saturated heterocycles. The highest BCUT2D eigenvalue weighted by atomic mass is 32.1.